The fourth-order valence-electron chi connectivity index (χ4n) is 2.51. The maximum absolute atomic E-state index is 5.98. The van der Waals surface area contributed by atoms with Crippen LogP contribution in [-0.4, -0.2) is 9.78 Å². The minimum Gasteiger partial charge on any atom is -0.378 e. The van der Waals surface area contributed by atoms with Gasteiger partial charge >= 0.3 is 0 Å². The molecular weight excluding hydrogens is 258 g/mol. The standard InChI is InChI=1S/C15H20ClN3/c1-9-8-13(16)6-7-14(9)17-10(2)15-11(3)18-19(5)12(15)4/h6-8,10,17H,1-5H3. The van der Waals surface area contributed by atoms with Crippen molar-refractivity contribution < 1.29 is 0 Å². The minimum atomic E-state index is 0.216. The summed E-state index contributed by atoms with van der Waals surface area (Å²) in [5.74, 6) is 0. The highest BCUT2D eigenvalue weighted by Crippen LogP contribution is 2.27. The van der Waals surface area contributed by atoms with E-state index in [9.17, 15) is 0 Å². The lowest BCUT2D eigenvalue weighted by molar-refractivity contribution is 0.728. The van der Waals surface area contributed by atoms with Crippen LogP contribution < -0.4 is 5.32 Å². The molecule has 1 unspecified atom stereocenters. The molecule has 4 heteroatoms. The zero-order valence-electron chi connectivity index (χ0n) is 12.1. The molecule has 1 heterocycles. The monoisotopic (exact) mass is 277 g/mol. The molecule has 0 amide bonds. The van der Waals surface area contributed by atoms with Crippen molar-refractivity contribution in [1.29, 1.82) is 0 Å². The summed E-state index contributed by atoms with van der Waals surface area (Å²) in [6, 6.07) is 6.12. The average molecular weight is 278 g/mol. The lowest BCUT2D eigenvalue weighted by Gasteiger charge is -2.18. The van der Waals surface area contributed by atoms with Crippen LogP contribution >= 0.6 is 11.6 Å². The van der Waals surface area contributed by atoms with E-state index < -0.39 is 0 Å². The topological polar surface area (TPSA) is 29.9 Å². The van der Waals surface area contributed by atoms with Gasteiger partial charge in [-0.05, 0) is 51.5 Å². The van der Waals surface area contributed by atoms with Gasteiger partial charge in [-0.1, -0.05) is 11.6 Å². The summed E-state index contributed by atoms with van der Waals surface area (Å²) in [4.78, 5) is 0. The molecule has 0 aliphatic heterocycles. The van der Waals surface area contributed by atoms with Crippen LogP contribution in [0.4, 0.5) is 5.69 Å². The Labute approximate surface area is 119 Å². The maximum Gasteiger partial charge on any atom is 0.0649 e. The van der Waals surface area contributed by atoms with Crippen molar-refractivity contribution in [3.8, 4) is 0 Å². The third-order valence-electron chi connectivity index (χ3n) is 3.56. The lowest BCUT2D eigenvalue weighted by atomic mass is 10.1. The number of nitrogens with zero attached hydrogens (tertiary/aromatic N) is 2. The van der Waals surface area contributed by atoms with Gasteiger partial charge in [0, 0.05) is 29.0 Å². The summed E-state index contributed by atoms with van der Waals surface area (Å²) in [6.07, 6.45) is 0. The SMILES string of the molecule is Cc1cc(Cl)ccc1NC(C)c1c(C)nn(C)c1C. The Hall–Kier alpha value is -1.48. The second-order valence-electron chi connectivity index (χ2n) is 5.03. The van der Waals surface area contributed by atoms with E-state index in [2.05, 4.69) is 38.1 Å². The molecule has 0 saturated heterocycles. The summed E-state index contributed by atoms with van der Waals surface area (Å²) in [6.45, 7) is 8.37. The van der Waals surface area contributed by atoms with Gasteiger partial charge < -0.3 is 5.32 Å². The Kier molecular flexibility index (Phi) is 3.85. The largest absolute Gasteiger partial charge is 0.378 e. The molecule has 0 spiro atoms. The van der Waals surface area contributed by atoms with Gasteiger partial charge in [-0.15, -0.1) is 0 Å². The molecule has 0 radical (unpaired) electrons. The van der Waals surface area contributed by atoms with E-state index in [0.717, 1.165) is 22.0 Å². The molecule has 0 bridgehead atoms. The van der Waals surface area contributed by atoms with Gasteiger partial charge in [0.05, 0.1) is 11.7 Å². The number of hydrogen-bond donors (Lipinski definition) is 1. The molecule has 1 aromatic carbocycles. The van der Waals surface area contributed by atoms with E-state index in [1.807, 2.05) is 29.9 Å². The van der Waals surface area contributed by atoms with E-state index >= 15 is 0 Å². The van der Waals surface area contributed by atoms with Crippen molar-refractivity contribution in [1.82, 2.24) is 9.78 Å². The first-order valence-corrected chi connectivity index (χ1v) is 6.80. The van der Waals surface area contributed by atoms with E-state index in [1.165, 1.54) is 11.3 Å². The minimum absolute atomic E-state index is 0.216. The van der Waals surface area contributed by atoms with E-state index in [0.29, 0.717) is 0 Å². The van der Waals surface area contributed by atoms with E-state index in [4.69, 9.17) is 11.6 Å². The number of nitrogens with one attached hydrogen (secondary N) is 1. The molecule has 0 aliphatic rings. The van der Waals surface area contributed by atoms with Crippen molar-refractivity contribution in [2.45, 2.75) is 33.7 Å². The van der Waals surface area contributed by atoms with Crippen LogP contribution in [0.3, 0.4) is 0 Å². The number of aromatic nitrogens is 2. The Morgan fingerprint density at radius 2 is 1.95 bits per heavy atom. The quantitative estimate of drug-likeness (QED) is 0.912. The molecule has 2 rings (SSSR count). The molecule has 2 aromatic rings. The van der Waals surface area contributed by atoms with Gasteiger partial charge in [0.1, 0.15) is 0 Å². The van der Waals surface area contributed by atoms with E-state index in [1.54, 1.807) is 0 Å². The van der Waals surface area contributed by atoms with Crippen molar-refractivity contribution in [3.63, 3.8) is 0 Å². The van der Waals surface area contributed by atoms with Gasteiger partial charge in [-0.3, -0.25) is 4.68 Å². The predicted octanol–water partition coefficient (Wildman–Crippen LogP) is 4.17. The zero-order valence-corrected chi connectivity index (χ0v) is 12.8. The Balaban J connectivity index is 2.28. The second kappa shape index (κ2) is 5.25. The molecule has 1 atom stereocenters. The third kappa shape index (κ3) is 2.76. The zero-order chi connectivity index (χ0) is 14.2. The molecule has 102 valence electrons. The fraction of sp³-hybridized carbons (Fsp3) is 0.400. The van der Waals surface area contributed by atoms with Crippen LogP contribution in [0.1, 0.15) is 35.5 Å². The first kappa shape index (κ1) is 13.9. The van der Waals surface area contributed by atoms with E-state index in [-0.39, 0.29) is 6.04 Å². The number of anilines is 1. The van der Waals surface area contributed by atoms with Crippen LogP contribution in [0.25, 0.3) is 0 Å². The van der Waals surface area contributed by atoms with Crippen LogP contribution in [-0.2, 0) is 7.05 Å². The number of hydrogen-bond acceptors (Lipinski definition) is 2. The highest BCUT2D eigenvalue weighted by molar-refractivity contribution is 6.30. The predicted molar refractivity (Wildman–Crippen MR) is 80.9 cm³/mol. The summed E-state index contributed by atoms with van der Waals surface area (Å²) >= 11 is 5.98. The van der Waals surface area contributed by atoms with Gasteiger partial charge in [-0.25, -0.2) is 0 Å². The third-order valence-corrected chi connectivity index (χ3v) is 3.79. The normalized spacial score (nSPS) is 12.5. The average Bonchev–Trinajstić information content (AvgIpc) is 2.57. The van der Waals surface area contributed by atoms with Gasteiger partial charge in [0.2, 0.25) is 0 Å². The summed E-state index contributed by atoms with van der Waals surface area (Å²) < 4.78 is 1.93. The molecule has 3 nitrogen and oxygen atoms in total. The molecular formula is C15H20ClN3. The van der Waals surface area contributed by atoms with Crippen molar-refractivity contribution in [3.05, 3.63) is 45.7 Å². The van der Waals surface area contributed by atoms with Gasteiger partial charge in [-0.2, -0.15) is 5.10 Å². The fourth-order valence-corrected chi connectivity index (χ4v) is 2.74. The van der Waals surface area contributed by atoms with Gasteiger partial charge in [0.25, 0.3) is 0 Å². The highest BCUT2D eigenvalue weighted by Gasteiger charge is 2.16. The number of halogens is 1. The second-order valence-corrected chi connectivity index (χ2v) is 5.47. The Morgan fingerprint density at radius 1 is 1.26 bits per heavy atom. The van der Waals surface area contributed by atoms with Crippen molar-refractivity contribution in [2.24, 2.45) is 7.05 Å². The Bertz CT molecular complexity index is 602. The molecule has 1 aromatic heterocycles. The molecule has 0 fully saturated rings. The summed E-state index contributed by atoms with van der Waals surface area (Å²) in [7, 11) is 1.98. The first-order chi connectivity index (χ1) is 8.90. The molecule has 0 saturated carbocycles. The number of rotatable bonds is 3. The van der Waals surface area contributed by atoms with Gasteiger partial charge in [0.15, 0.2) is 0 Å². The molecule has 19 heavy (non-hydrogen) atoms. The highest BCUT2D eigenvalue weighted by atomic mass is 35.5. The maximum atomic E-state index is 5.98. The smallest absolute Gasteiger partial charge is 0.0649 e. The molecule has 0 aliphatic carbocycles. The van der Waals surface area contributed by atoms with Crippen LogP contribution in [0, 0.1) is 20.8 Å². The van der Waals surface area contributed by atoms with Crippen molar-refractivity contribution in [2.75, 3.05) is 5.32 Å². The number of aryl methyl sites for hydroxylation is 3. The van der Waals surface area contributed by atoms with Crippen LogP contribution in [0.5, 0.6) is 0 Å². The summed E-state index contributed by atoms with van der Waals surface area (Å²) in [5, 5.41) is 8.77. The van der Waals surface area contributed by atoms with Crippen molar-refractivity contribution >= 4 is 17.3 Å². The summed E-state index contributed by atoms with van der Waals surface area (Å²) in [5.41, 5.74) is 5.80. The van der Waals surface area contributed by atoms with Crippen LogP contribution in [0.2, 0.25) is 5.02 Å². The number of benzene rings is 1. The molecule has 1 N–H and O–H groups in total. The Morgan fingerprint density at radius 3 is 2.47 bits per heavy atom. The van der Waals surface area contributed by atoms with Crippen LogP contribution in [0.15, 0.2) is 18.2 Å². The first-order valence-electron chi connectivity index (χ1n) is 6.43. The lowest BCUT2D eigenvalue weighted by Crippen LogP contribution is -2.09.